The van der Waals surface area contributed by atoms with Crippen LogP contribution in [0.1, 0.15) is 40.0 Å². The van der Waals surface area contributed by atoms with E-state index in [-0.39, 0.29) is 36.8 Å². The van der Waals surface area contributed by atoms with E-state index in [4.69, 9.17) is 4.74 Å². The van der Waals surface area contributed by atoms with E-state index in [1.807, 2.05) is 12.1 Å². The van der Waals surface area contributed by atoms with Crippen LogP contribution in [0.4, 0.5) is 0 Å². The largest absolute Gasteiger partial charge is 0.474 e. The first kappa shape index (κ1) is 26.7. The Labute approximate surface area is 213 Å². The molecule has 0 bridgehead atoms. The third-order valence-electron chi connectivity index (χ3n) is 6.77. The van der Waals surface area contributed by atoms with Crippen LogP contribution in [0.2, 0.25) is 0 Å². The fourth-order valence-corrected chi connectivity index (χ4v) is 5.02. The van der Waals surface area contributed by atoms with Crippen LogP contribution in [0, 0.1) is 0 Å². The zero-order valence-electron chi connectivity index (χ0n) is 19.3. The molecule has 3 aliphatic rings. The Morgan fingerprint density at radius 1 is 1.03 bits per heavy atom. The summed E-state index contributed by atoms with van der Waals surface area (Å²) < 4.78 is 6.04. The average molecular weight is 509 g/mol. The van der Waals surface area contributed by atoms with Gasteiger partial charge < -0.3 is 20.1 Å². The maximum Gasteiger partial charge on any atom is 0.255 e. The highest BCUT2D eigenvalue weighted by Crippen LogP contribution is 2.23. The number of fused-ring (bicyclic) bond motifs is 2. The number of benzene rings is 1. The SMILES string of the molecule is Cl.Cl.O=C1c2ccc(OC3CCNCC3)nc2CCN1CC(O)CN1CCc2ccccc2C1. The van der Waals surface area contributed by atoms with Gasteiger partial charge in [-0.25, -0.2) is 4.98 Å². The zero-order chi connectivity index (χ0) is 21.9. The molecular formula is C25H34Cl2N4O3. The molecule has 186 valence electrons. The first-order valence-corrected chi connectivity index (χ1v) is 11.8. The highest BCUT2D eigenvalue weighted by Gasteiger charge is 2.28. The minimum absolute atomic E-state index is 0. The van der Waals surface area contributed by atoms with Crippen LogP contribution in [0.5, 0.6) is 5.88 Å². The number of hydrogen-bond acceptors (Lipinski definition) is 6. The Kier molecular flexibility index (Phi) is 9.56. The molecule has 0 aliphatic carbocycles. The number of halogens is 2. The molecule has 1 unspecified atom stereocenters. The lowest BCUT2D eigenvalue weighted by Gasteiger charge is -2.33. The van der Waals surface area contributed by atoms with Crippen LogP contribution in [0.15, 0.2) is 36.4 Å². The lowest BCUT2D eigenvalue weighted by Crippen LogP contribution is -2.46. The number of nitrogens with one attached hydrogen (secondary N) is 1. The van der Waals surface area contributed by atoms with Crippen LogP contribution in [-0.2, 0) is 19.4 Å². The Bertz CT molecular complexity index is 971. The number of carbonyl (C=O) groups excluding carboxylic acids is 1. The Morgan fingerprint density at radius 2 is 1.79 bits per heavy atom. The van der Waals surface area contributed by atoms with Crippen molar-refractivity contribution >= 4 is 30.7 Å². The summed E-state index contributed by atoms with van der Waals surface area (Å²) in [6.45, 7) is 5.23. The molecule has 1 saturated heterocycles. The van der Waals surface area contributed by atoms with Gasteiger partial charge in [0, 0.05) is 45.2 Å². The summed E-state index contributed by atoms with van der Waals surface area (Å²) in [7, 11) is 0. The van der Waals surface area contributed by atoms with Crippen LogP contribution < -0.4 is 10.1 Å². The number of rotatable bonds is 6. The first-order valence-electron chi connectivity index (χ1n) is 11.8. The molecule has 7 nitrogen and oxygen atoms in total. The molecule has 5 rings (SSSR count). The van der Waals surface area contributed by atoms with E-state index in [2.05, 4.69) is 39.5 Å². The first-order chi connectivity index (χ1) is 15.7. The molecule has 2 N–H and O–H groups in total. The number of aromatic nitrogens is 1. The molecule has 0 radical (unpaired) electrons. The number of nitrogens with zero attached hydrogens (tertiary/aromatic N) is 3. The topological polar surface area (TPSA) is 77.9 Å². The normalized spacial score (nSPS) is 19.3. The molecule has 1 amide bonds. The van der Waals surface area contributed by atoms with Crippen LogP contribution in [0.3, 0.4) is 0 Å². The third kappa shape index (κ3) is 6.20. The van der Waals surface area contributed by atoms with Crippen molar-refractivity contribution in [3.63, 3.8) is 0 Å². The summed E-state index contributed by atoms with van der Waals surface area (Å²) in [5, 5.41) is 14.1. The summed E-state index contributed by atoms with van der Waals surface area (Å²) in [4.78, 5) is 21.7. The van der Waals surface area contributed by atoms with Gasteiger partial charge in [0.15, 0.2) is 0 Å². The molecule has 9 heteroatoms. The quantitative estimate of drug-likeness (QED) is 0.623. The molecule has 0 saturated carbocycles. The number of pyridine rings is 1. The number of hydrogen-bond donors (Lipinski definition) is 2. The highest BCUT2D eigenvalue weighted by molar-refractivity contribution is 5.96. The summed E-state index contributed by atoms with van der Waals surface area (Å²) >= 11 is 0. The predicted molar refractivity (Wildman–Crippen MR) is 136 cm³/mol. The molecule has 1 atom stereocenters. The molecular weight excluding hydrogens is 475 g/mol. The second kappa shape index (κ2) is 12.2. The van der Waals surface area contributed by atoms with Crippen LogP contribution in [0.25, 0.3) is 0 Å². The molecule has 2 aromatic rings. The summed E-state index contributed by atoms with van der Waals surface area (Å²) in [5.41, 5.74) is 4.17. The zero-order valence-corrected chi connectivity index (χ0v) is 21.0. The van der Waals surface area contributed by atoms with Crippen molar-refractivity contribution in [2.45, 2.75) is 44.4 Å². The Morgan fingerprint density at radius 3 is 2.59 bits per heavy atom. The number of aliphatic hydroxyl groups excluding tert-OH is 1. The molecule has 1 fully saturated rings. The predicted octanol–water partition coefficient (Wildman–Crippen LogP) is 2.47. The van der Waals surface area contributed by atoms with Gasteiger partial charge in [-0.2, -0.15) is 0 Å². The van der Waals surface area contributed by atoms with E-state index in [0.29, 0.717) is 37.5 Å². The van der Waals surface area contributed by atoms with Gasteiger partial charge in [-0.05, 0) is 49.5 Å². The van der Waals surface area contributed by atoms with Gasteiger partial charge in [0.05, 0.1) is 17.4 Å². The number of ether oxygens (including phenoxy) is 1. The number of aliphatic hydroxyl groups is 1. The van der Waals surface area contributed by atoms with Crippen LogP contribution in [-0.4, -0.2) is 77.3 Å². The van der Waals surface area contributed by atoms with Crippen molar-refractivity contribution in [2.24, 2.45) is 0 Å². The number of amides is 1. The lowest BCUT2D eigenvalue weighted by atomic mass is 9.99. The van der Waals surface area contributed by atoms with Gasteiger partial charge >= 0.3 is 0 Å². The fraction of sp³-hybridized carbons (Fsp3) is 0.520. The molecule has 1 aromatic carbocycles. The van der Waals surface area contributed by atoms with E-state index in [1.54, 1.807) is 4.90 Å². The minimum atomic E-state index is -0.568. The maximum absolute atomic E-state index is 13.0. The summed E-state index contributed by atoms with van der Waals surface area (Å²) in [6, 6.07) is 12.1. The maximum atomic E-state index is 13.0. The molecule has 0 spiro atoms. The van der Waals surface area contributed by atoms with Crippen molar-refractivity contribution in [1.29, 1.82) is 0 Å². The third-order valence-corrected chi connectivity index (χ3v) is 6.77. The summed E-state index contributed by atoms with van der Waals surface area (Å²) in [6.07, 6.45) is 3.27. The van der Waals surface area contributed by atoms with Gasteiger partial charge in [0.2, 0.25) is 5.88 Å². The number of piperidine rings is 1. The number of carbonyl (C=O) groups is 1. The Hall–Kier alpha value is -1.90. The van der Waals surface area contributed by atoms with Gasteiger partial charge in [-0.3, -0.25) is 9.69 Å². The molecule has 34 heavy (non-hydrogen) atoms. The second-order valence-electron chi connectivity index (χ2n) is 9.12. The van der Waals surface area contributed by atoms with Gasteiger partial charge in [-0.15, -0.1) is 24.8 Å². The van der Waals surface area contributed by atoms with Crippen LogP contribution >= 0.6 is 24.8 Å². The van der Waals surface area contributed by atoms with Crippen molar-refractivity contribution in [1.82, 2.24) is 20.1 Å². The fourth-order valence-electron chi connectivity index (χ4n) is 5.02. The van der Waals surface area contributed by atoms with Gasteiger partial charge in [0.25, 0.3) is 5.91 Å². The lowest BCUT2D eigenvalue weighted by molar-refractivity contribution is 0.0490. The highest BCUT2D eigenvalue weighted by atomic mass is 35.5. The number of β-amino-alcohol motifs (C(OH)–C–C–N with tert-alkyl or cyclic N) is 1. The van der Waals surface area contributed by atoms with E-state index in [9.17, 15) is 9.90 Å². The van der Waals surface area contributed by atoms with Crippen molar-refractivity contribution in [3.8, 4) is 5.88 Å². The van der Waals surface area contributed by atoms with Crippen molar-refractivity contribution < 1.29 is 14.6 Å². The molecule has 4 heterocycles. The van der Waals surface area contributed by atoms with Crippen molar-refractivity contribution in [2.75, 3.05) is 39.3 Å². The standard InChI is InChI=1S/C25H32N4O3.2ClH/c30-20(16-28-13-9-18-3-1-2-4-19(18)15-28)17-29-14-10-23-22(25(29)31)5-6-24(27-23)32-21-7-11-26-12-8-21;;/h1-6,20-21,26,30H,7-17H2;2*1H. The Balaban J connectivity index is 0.00000162. The molecule has 3 aliphatic heterocycles. The average Bonchev–Trinajstić information content (AvgIpc) is 2.81. The van der Waals surface area contributed by atoms with Gasteiger partial charge in [-0.1, -0.05) is 24.3 Å². The van der Waals surface area contributed by atoms with E-state index >= 15 is 0 Å². The van der Waals surface area contributed by atoms with E-state index < -0.39 is 6.10 Å². The molecule has 1 aromatic heterocycles. The van der Waals surface area contributed by atoms with E-state index in [1.165, 1.54) is 11.1 Å². The van der Waals surface area contributed by atoms with E-state index in [0.717, 1.165) is 51.1 Å². The van der Waals surface area contributed by atoms with Crippen molar-refractivity contribution in [3.05, 3.63) is 58.8 Å². The second-order valence-corrected chi connectivity index (χ2v) is 9.12. The monoisotopic (exact) mass is 508 g/mol. The smallest absolute Gasteiger partial charge is 0.255 e. The summed E-state index contributed by atoms with van der Waals surface area (Å²) in [5.74, 6) is 0.567. The van der Waals surface area contributed by atoms with Gasteiger partial charge in [0.1, 0.15) is 6.10 Å². The minimum Gasteiger partial charge on any atom is -0.474 e.